The molecule has 0 fully saturated rings. The molecule has 146 valence electrons. The van der Waals surface area contributed by atoms with Crippen molar-refractivity contribution in [3.05, 3.63) is 58.4 Å². The Balaban J connectivity index is 2.20. The van der Waals surface area contributed by atoms with Crippen LogP contribution in [-0.4, -0.2) is 25.0 Å². The molecule has 0 unspecified atom stereocenters. The quantitative estimate of drug-likeness (QED) is 0.447. The molecule has 0 radical (unpaired) electrons. The Hall–Kier alpha value is -2.85. The highest BCUT2D eigenvalue weighted by Crippen LogP contribution is 2.37. The number of aromatic nitrogens is 1. The van der Waals surface area contributed by atoms with E-state index in [0.717, 1.165) is 5.56 Å². The summed E-state index contributed by atoms with van der Waals surface area (Å²) in [5.41, 5.74) is 3.28. The minimum atomic E-state index is -3.78. The SMILES string of the molecule is CCOC(=O)/C(C#N)=C1\CCCc2c1cc(C)n2S(=O)(=O)c1ccc(C)cc1. The number of fused-ring (bicyclic) bond motifs is 1. The molecule has 0 atom stereocenters. The van der Waals surface area contributed by atoms with Crippen LogP contribution < -0.4 is 0 Å². The zero-order valence-electron chi connectivity index (χ0n) is 16.2. The maximum Gasteiger partial charge on any atom is 0.349 e. The van der Waals surface area contributed by atoms with E-state index in [1.165, 1.54) is 3.97 Å². The molecule has 28 heavy (non-hydrogen) atoms. The summed E-state index contributed by atoms with van der Waals surface area (Å²) in [7, 11) is -3.78. The molecule has 0 amide bonds. The summed E-state index contributed by atoms with van der Waals surface area (Å²) >= 11 is 0. The lowest BCUT2D eigenvalue weighted by Crippen LogP contribution is -2.19. The van der Waals surface area contributed by atoms with Crippen molar-refractivity contribution in [2.75, 3.05) is 6.61 Å². The molecule has 1 aliphatic carbocycles. The van der Waals surface area contributed by atoms with Crippen LogP contribution in [0.2, 0.25) is 0 Å². The number of carbonyl (C=O) groups excluding carboxylic acids is 1. The molecule has 0 saturated carbocycles. The summed E-state index contributed by atoms with van der Waals surface area (Å²) in [4.78, 5) is 12.4. The second-order valence-electron chi connectivity index (χ2n) is 6.77. The first-order valence-corrected chi connectivity index (χ1v) is 10.6. The van der Waals surface area contributed by atoms with Crippen LogP contribution in [0.15, 0.2) is 40.8 Å². The highest BCUT2D eigenvalue weighted by Gasteiger charge is 2.30. The third-order valence-corrected chi connectivity index (χ3v) is 6.70. The van der Waals surface area contributed by atoms with Gasteiger partial charge in [0.25, 0.3) is 10.0 Å². The molecule has 0 saturated heterocycles. The van der Waals surface area contributed by atoms with Crippen molar-refractivity contribution in [3.8, 4) is 6.07 Å². The maximum absolute atomic E-state index is 13.3. The topological polar surface area (TPSA) is 89.2 Å². The standard InChI is InChI=1S/C21H22N2O4S/c1-4-27-21(24)19(13-22)17-6-5-7-20-18(17)12-15(3)23(20)28(25,26)16-10-8-14(2)9-11-16/h8-12H,4-7H2,1-3H3/b19-17+. The van der Waals surface area contributed by atoms with Crippen molar-refractivity contribution >= 4 is 21.6 Å². The monoisotopic (exact) mass is 398 g/mol. The number of hydrogen-bond donors (Lipinski definition) is 0. The van der Waals surface area contributed by atoms with Gasteiger partial charge >= 0.3 is 5.97 Å². The largest absolute Gasteiger partial charge is 0.462 e. The number of esters is 1. The fourth-order valence-corrected chi connectivity index (χ4v) is 5.19. The van der Waals surface area contributed by atoms with Crippen LogP contribution >= 0.6 is 0 Å². The summed E-state index contributed by atoms with van der Waals surface area (Å²) in [5, 5.41) is 9.51. The first-order valence-electron chi connectivity index (χ1n) is 9.15. The maximum atomic E-state index is 13.3. The number of aryl methyl sites for hydroxylation is 2. The average Bonchev–Trinajstić information content (AvgIpc) is 3.00. The summed E-state index contributed by atoms with van der Waals surface area (Å²) in [6.45, 7) is 5.47. The molecule has 0 aliphatic heterocycles. The molecule has 6 nitrogen and oxygen atoms in total. The van der Waals surface area contributed by atoms with Gasteiger partial charge in [0.1, 0.15) is 11.6 Å². The number of ether oxygens (including phenoxy) is 1. The van der Waals surface area contributed by atoms with Gasteiger partial charge in [0.05, 0.1) is 11.5 Å². The summed E-state index contributed by atoms with van der Waals surface area (Å²) in [6, 6.07) is 10.4. The van der Waals surface area contributed by atoms with Crippen molar-refractivity contribution in [1.29, 1.82) is 5.26 Å². The number of hydrogen-bond acceptors (Lipinski definition) is 5. The number of allylic oxidation sites excluding steroid dienone is 1. The predicted octanol–water partition coefficient (Wildman–Crippen LogP) is 3.52. The highest BCUT2D eigenvalue weighted by molar-refractivity contribution is 7.90. The van der Waals surface area contributed by atoms with E-state index in [-0.39, 0.29) is 17.1 Å². The molecular formula is C21H22N2O4S. The van der Waals surface area contributed by atoms with Crippen molar-refractivity contribution in [2.45, 2.75) is 44.9 Å². The molecule has 1 heterocycles. The average molecular weight is 398 g/mol. The summed E-state index contributed by atoms with van der Waals surface area (Å²) < 4.78 is 32.9. The van der Waals surface area contributed by atoms with Gasteiger partial charge in [-0.15, -0.1) is 0 Å². The van der Waals surface area contributed by atoms with Crippen molar-refractivity contribution in [1.82, 2.24) is 3.97 Å². The van der Waals surface area contributed by atoms with Gasteiger partial charge in [-0.3, -0.25) is 0 Å². The first kappa shape index (κ1) is 19.9. The summed E-state index contributed by atoms with van der Waals surface area (Å²) in [5.74, 6) is -0.667. The minimum Gasteiger partial charge on any atom is -0.462 e. The molecule has 1 aliphatic rings. The molecule has 1 aromatic heterocycles. The zero-order chi connectivity index (χ0) is 20.5. The Kier molecular flexibility index (Phi) is 5.43. The number of benzene rings is 1. The number of nitriles is 1. The molecule has 1 aromatic carbocycles. The minimum absolute atomic E-state index is 0.0484. The first-order chi connectivity index (χ1) is 13.3. The van der Waals surface area contributed by atoms with Crippen molar-refractivity contribution in [3.63, 3.8) is 0 Å². The van der Waals surface area contributed by atoms with Crippen LogP contribution in [0.25, 0.3) is 5.57 Å². The Morgan fingerprint density at radius 1 is 1.21 bits per heavy atom. The van der Waals surface area contributed by atoms with E-state index in [1.807, 2.05) is 13.0 Å². The van der Waals surface area contributed by atoms with Crippen LogP contribution in [0.4, 0.5) is 0 Å². The van der Waals surface area contributed by atoms with Crippen LogP contribution in [0.5, 0.6) is 0 Å². The molecule has 7 heteroatoms. The molecule has 2 aromatic rings. The van der Waals surface area contributed by atoms with Gasteiger partial charge in [-0.1, -0.05) is 17.7 Å². The van der Waals surface area contributed by atoms with Crippen LogP contribution in [0.1, 0.15) is 42.3 Å². The Bertz CT molecular complexity index is 1100. The van der Waals surface area contributed by atoms with Crippen LogP contribution in [0.3, 0.4) is 0 Å². The Morgan fingerprint density at radius 3 is 2.50 bits per heavy atom. The molecule has 0 bridgehead atoms. The molecule has 3 rings (SSSR count). The Morgan fingerprint density at radius 2 is 1.89 bits per heavy atom. The van der Waals surface area contributed by atoms with Gasteiger partial charge in [-0.2, -0.15) is 5.26 Å². The van der Waals surface area contributed by atoms with Gasteiger partial charge in [0, 0.05) is 17.0 Å². The van der Waals surface area contributed by atoms with Crippen molar-refractivity contribution < 1.29 is 17.9 Å². The van der Waals surface area contributed by atoms with E-state index in [1.54, 1.807) is 44.2 Å². The number of nitrogens with zero attached hydrogens (tertiary/aromatic N) is 2. The molecule has 0 N–H and O–H groups in total. The van der Waals surface area contributed by atoms with Crippen molar-refractivity contribution in [2.24, 2.45) is 0 Å². The van der Waals surface area contributed by atoms with Gasteiger partial charge < -0.3 is 4.74 Å². The lowest BCUT2D eigenvalue weighted by Gasteiger charge is -2.20. The lowest BCUT2D eigenvalue weighted by atomic mass is 9.89. The van der Waals surface area contributed by atoms with Gasteiger partial charge in [-0.05, 0) is 63.8 Å². The second-order valence-corrected chi connectivity index (χ2v) is 8.55. The van der Waals surface area contributed by atoms with Gasteiger partial charge in [0.2, 0.25) is 0 Å². The van der Waals surface area contributed by atoms with E-state index in [9.17, 15) is 18.5 Å². The van der Waals surface area contributed by atoms with E-state index in [2.05, 4.69) is 0 Å². The third kappa shape index (κ3) is 3.36. The van der Waals surface area contributed by atoms with Crippen LogP contribution in [0, 0.1) is 25.2 Å². The predicted molar refractivity (Wildman–Crippen MR) is 105 cm³/mol. The van der Waals surface area contributed by atoms with Crippen LogP contribution in [-0.2, 0) is 26.0 Å². The van der Waals surface area contributed by atoms with E-state index >= 15 is 0 Å². The van der Waals surface area contributed by atoms with Gasteiger partial charge in [0.15, 0.2) is 0 Å². The van der Waals surface area contributed by atoms with E-state index < -0.39 is 16.0 Å². The number of rotatable bonds is 4. The lowest BCUT2D eigenvalue weighted by molar-refractivity contribution is -0.137. The third-order valence-electron chi connectivity index (χ3n) is 4.85. The highest BCUT2D eigenvalue weighted by atomic mass is 32.2. The van der Waals surface area contributed by atoms with Gasteiger partial charge in [-0.25, -0.2) is 17.2 Å². The molecule has 0 spiro atoms. The van der Waals surface area contributed by atoms with E-state index in [0.29, 0.717) is 41.8 Å². The zero-order valence-corrected chi connectivity index (χ0v) is 17.0. The smallest absolute Gasteiger partial charge is 0.349 e. The Labute approximate surface area is 165 Å². The molecular weight excluding hydrogens is 376 g/mol. The fourth-order valence-electron chi connectivity index (χ4n) is 3.59. The fraction of sp³-hybridized carbons (Fsp3) is 0.333. The second kappa shape index (κ2) is 7.64. The normalized spacial score (nSPS) is 15.5. The summed E-state index contributed by atoms with van der Waals surface area (Å²) in [6.07, 6.45) is 1.74. The van der Waals surface area contributed by atoms with E-state index in [4.69, 9.17) is 4.74 Å². The number of carbonyl (C=O) groups is 1.